The number of hydrogen-bond acceptors (Lipinski definition) is 5. The highest BCUT2D eigenvalue weighted by Gasteiger charge is 2.17. The summed E-state index contributed by atoms with van der Waals surface area (Å²) >= 11 is 1.48. The quantitative estimate of drug-likeness (QED) is 0.421. The van der Waals surface area contributed by atoms with Crippen LogP contribution in [0.2, 0.25) is 0 Å². The minimum atomic E-state index is -1.11. The van der Waals surface area contributed by atoms with Crippen molar-refractivity contribution in [3.05, 3.63) is 82.9 Å². The van der Waals surface area contributed by atoms with Crippen molar-refractivity contribution in [2.45, 2.75) is 6.92 Å². The minimum absolute atomic E-state index is 0.00851. The van der Waals surface area contributed by atoms with Crippen LogP contribution >= 0.6 is 11.3 Å². The van der Waals surface area contributed by atoms with Crippen molar-refractivity contribution in [2.24, 2.45) is 0 Å². The number of fused-ring (bicyclic) bond motifs is 1. The van der Waals surface area contributed by atoms with E-state index < -0.39 is 5.97 Å². The van der Waals surface area contributed by atoms with Gasteiger partial charge in [0.2, 0.25) is 0 Å². The van der Waals surface area contributed by atoms with Crippen LogP contribution in [-0.4, -0.2) is 22.0 Å². The zero-order valence-electron chi connectivity index (χ0n) is 15.5. The van der Waals surface area contributed by atoms with Crippen LogP contribution in [0.25, 0.3) is 10.1 Å². The Kier molecular flexibility index (Phi) is 4.97. The molecule has 7 heteroatoms. The summed E-state index contributed by atoms with van der Waals surface area (Å²) in [6.07, 6.45) is 1.26. The Morgan fingerprint density at radius 1 is 1.03 bits per heavy atom. The number of nitrogens with one attached hydrogen (secondary N) is 2. The maximum absolute atomic E-state index is 12.9. The van der Waals surface area contributed by atoms with Crippen molar-refractivity contribution in [3.8, 4) is 0 Å². The molecule has 2 aromatic carbocycles. The SMILES string of the molecule is Cc1ccccc1Nc1ncc(C(=O)O)cc1NC(=O)c1csc2ccccc12. The fraction of sp³-hybridized carbons (Fsp3) is 0.0455. The predicted octanol–water partition coefficient (Wildman–Crippen LogP) is 5.30. The Hall–Kier alpha value is -3.71. The molecule has 4 rings (SSSR count). The van der Waals surface area contributed by atoms with E-state index in [0.717, 1.165) is 21.3 Å². The molecule has 0 spiro atoms. The standard InChI is InChI=1S/C22H17N3O3S/c1-13-6-2-4-8-17(13)24-20-18(10-14(11-23-20)22(27)28)25-21(26)16-12-29-19-9-5-3-7-15(16)19/h2-12H,1H3,(H,23,24)(H,25,26)(H,27,28). The lowest BCUT2D eigenvalue weighted by molar-refractivity contribution is 0.0696. The minimum Gasteiger partial charge on any atom is -0.478 e. The van der Waals surface area contributed by atoms with Gasteiger partial charge in [0, 0.05) is 27.4 Å². The van der Waals surface area contributed by atoms with E-state index in [1.54, 1.807) is 5.38 Å². The second-order valence-corrected chi connectivity index (χ2v) is 7.38. The van der Waals surface area contributed by atoms with Crippen LogP contribution in [0.1, 0.15) is 26.3 Å². The first-order chi connectivity index (χ1) is 14.0. The van der Waals surface area contributed by atoms with Crippen LogP contribution < -0.4 is 10.6 Å². The van der Waals surface area contributed by atoms with Gasteiger partial charge in [0.1, 0.15) is 0 Å². The van der Waals surface area contributed by atoms with Crippen molar-refractivity contribution in [3.63, 3.8) is 0 Å². The van der Waals surface area contributed by atoms with Crippen LogP contribution in [-0.2, 0) is 0 Å². The zero-order chi connectivity index (χ0) is 20.4. The monoisotopic (exact) mass is 403 g/mol. The first-order valence-electron chi connectivity index (χ1n) is 8.86. The fourth-order valence-electron chi connectivity index (χ4n) is 2.96. The molecule has 0 aliphatic rings. The van der Waals surface area contributed by atoms with E-state index in [1.807, 2.05) is 55.5 Å². The Morgan fingerprint density at radius 2 is 1.79 bits per heavy atom. The predicted molar refractivity (Wildman–Crippen MR) is 115 cm³/mol. The molecule has 0 radical (unpaired) electrons. The van der Waals surface area contributed by atoms with E-state index in [2.05, 4.69) is 15.6 Å². The van der Waals surface area contributed by atoms with E-state index in [9.17, 15) is 14.7 Å². The number of thiophene rings is 1. The average Bonchev–Trinajstić information content (AvgIpc) is 3.15. The van der Waals surface area contributed by atoms with Crippen LogP contribution in [0.4, 0.5) is 17.2 Å². The van der Waals surface area contributed by atoms with Gasteiger partial charge in [0.05, 0.1) is 16.8 Å². The van der Waals surface area contributed by atoms with Gasteiger partial charge in [-0.3, -0.25) is 4.79 Å². The maximum atomic E-state index is 12.9. The van der Waals surface area contributed by atoms with E-state index in [1.165, 1.54) is 23.6 Å². The molecular formula is C22H17N3O3S. The lowest BCUT2D eigenvalue weighted by Crippen LogP contribution is -2.14. The average molecular weight is 403 g/mol. The van der Waals surface area contributed by atoms with Crippen LogP contribution in [0.15, 0.2) is 66.2 Å². The summed E-state index contributed by atoms with van der Waals surface area (Å²) in [6, 6.07) is 16.7. The summed E-state index contributed by atoms with van der Waals surface area (Å²) < 4.78 is 1.01. The summed E-state index contributed by atoms with van der Waals surface area (Å²) in [7, 11) is 0. The highest BCUT2D eigenvalue weighted by Crippen LogP contribution is 2.29. The van der Waals surface area contributed by atoms with Crippen molar-refractivity contribution >= 4 is 50.5 Å². The number of aromatic carboxylic acids is 1. The van der Waals surface area contributed by atoms with Gasteiger partial charge in [0.25, 0.3) is 5.91 Å². The van der Waals surface area contributed by atoms with E-state index in [-0.39, 0.29) is 11.5 Å². The Morgan fingerprint density at radius 3 is 2.59 bits per heavy atom. The van der Waals surface area contributed by atoms with E-state index >= 15 is 0 Å². The van der Waals surface area contributed by atoms with Crippen molar-refractivity contribution in [1.29, 1.82) is 0 Å². The maximum Gasteiger partial charge on any atom is 0.337 e. The molecule has 6 nitrogen and oxygen atoms in total. The Bertz CT molecular complexity index is 1230. The number of aryl methyl sites for hydroxylation is 1. The van der Waals surface area contributed by atoms with Crippen LogP contribution in [0.3, 0.4) is 0 Å². The highest BCUT2D eigenvalue weighted by atomic mass is 32.1. The normalized spacial score (nSPS) is 10.7. The second-order valence-electron chi connectivity index (χ2n) is 6.46. The molecule has 0 saturated heterocycles. The first kappa shape index (κ1) is 18.6. The van der Waals surface area contributed by atoms with Crippen LogP contribution in [0, 0.1) is 6.92 Å². The van der Waals surface area contributed by atoms with Crippen molar-refractivity contribution in [1.82, 2.24) is 4.98 Å². The van der Waals surface area contributed by atoms with Gasteiger partial charge in [-0.2, -0.15) is 0 Å². The zero-order valence-corrected chi connectivity index (χ0v) is 16.3. The molecule has 0 fully saturated rings. The van der Waals surface area contributed by atoms with Gasteiger partial charge in [-0.15, -0.1) is 11.3 Å². The molecule has 2 heterocycles. The van der Waals surface area contributed by atoms with Gasteiger partial charge in [-0.1, -0.05) is 36.4 Å². The number of carboxylic acids is 1. The number of benzene rings is 2. The molecule has 1 amide bonds. The molecular weight excluding hydrogens is 386 g/mol. The third-order valence-corrected chi connectivity index (χ3v) is 5.47. The molecule has 0 saturated carbocycles. The molecule has 3 N–H and O–H groups in total. The lowest BCUT2D eigenvalue weighted by atomic mass is 10.1. The number of carbonyl (C=O) groups is 2. The second kappa shape index (κ2) is 7.73. The molecule has 29 heavy (non-hydrogen) atoms. The van der Waals surface area contributed by atoms with Gasteiger partial charge < -0.3 is 15.7 Å². The molecule has 4 aromatic rings. The van der Waals surface area contributed by atoms with Gasteiger partial charge in [0.15, 0.2) is 5.82 Å². The molecule has 0 aliphatic carbocycles. The number of anilines is 3. The van der Waals surface area contributed by atoms with E-state index in [4.69, 9.17) is 0 Å². The third-order valence-electron chi connectivity index (χ3n) is 4.51. The highest BCUT2D eigenvalue weighted by molar-refractivity contribution is 7.17. The molecule has 0 atom stereocenters. The van der Waals surface area contributed by atoms with Crippen LogP contribution in [0.5, 0.6) is 0 Å². The smallest absolute Gasteiger partial charge is 0.337 e. The number of nitrogens with zero attached hydrogens (tertiary/aromatic N) is 1. The first-order valence-corrected chi connectivity index (χ1v) is 9.74. The number of aromatic nitrogens is 1. The molecule has 0 bridgehead atoms. The van der Waals surface area contributed by atoms with Crippen molar-refractivity contribution < 1.29 is 14.7 Å². The van der Waals surface area contributed by atoms with Crippen molar-refractivity contribution in [2.75, 3.05) is 10.6 Å². The number of hydrogen-bond donors (Lipinski definition) is 3. The topological polar surface area (TPSA) is 91.3 Å². The summed E-state index contributed by atoms with van der Waals surface area (Å²) in [5.74, 6) is -1.06. The number of carboxylic acid groups (broad SMARTS) is 1. The summed E-state index contributed by atoms with van der Waals surface area (Å²) in [5, 5.41) is 18.0. The number of rotatable bonds is 5. The Balaban J connectivity index is 1.71. The molecule has 144 valence electrons. The summed E-state index contributed by atoms with van der Waals surface area (Å²) in [4.78, 5) is 28.6. The summed E-state index contributed by atoms with van der Waals surface area (Å²) in [5.41, 5.74) is 2.64. The van der Waals surface area contributed by atoms with Gasteiger partial charge in [-0.25, -0.2) is 9.78 Å². The lowest BCUT2D eigenvalue weighted by Gasteiger charge is -2.14. The third kappa shape index (κ3) is 3.81. The molecule has 2 aromatic heterocycles. The number of pyridine rings is 1. The fourth-order valence-corrected chi connectivity index (χ4v) is 3.90. The number of amides is 1. The number of carbonyl (C=O) groups excluding carboxylic acids is 1. The molecule has 0 unspecified atom stereocenters. The van der Waals surface area contributed by atoms with Gasteiger partial charge >= 0.3 is 5.97 Å². The largest absolute Gasteiger partial charge is 0.478 e. The van der Waals surface area contributed by atoms with Gasteiger partial charge in [-0.05, 0) is 30.7 Å². The Labute approximate surface area is 170 Å². The number of para-hydroxylation sites is 1. The van der Waals surface area contributed by atoms with E-state index in [0.29, 0.717) is 17.1 Å². The molecule has 0 aliphatic heterocycles. The summed E-state index contributed by atoms with van der Waals surface area (Å²) in [6.45, 7) is 1.95.